The van der Waals surface area contributed by atoms with Crippen LogP contribution in [0.25, 0.3) is 0 Å². The lowest BCUT2D eigenvalue weighted by Crippen LogP contribution is -2.74. The first-order valence-corrected chi connectivity index (χ1v) is 12.5. The van der Waals surface area contributed by atoms with Crippen molar-refractivity contribution in [2.24, 2.45) is 0 Å². The predicted molar refractivity (Wildman–Crippen MR) is 136 cm³/mol. The maximum absolute atomic E-state index is 5.70. The molecule has 0 heterocycles. The minimum Gasteiger partial charge on any atom is -0.373 e. The van der Waals surface area contributed by atoms with Crippen LogP contribution in [0.2, 0.25) is 0 Å². The summed E-state index contributed by atoms with van der Waals surface area (Å²) in [7, 11) is 2.01. The van der Waals surface area contributed by atoms with Crippen molar-refractivity contribution in [2.75, 3.05) is 21.3 Å². The second-order valence-corrected chi connectivity index (χ2v) is 10.8. The maximum Gasteiger partial charge on any atom is 0.536 e. The largest absolute Gasteiger partial charge is 0.536 e. The summed E-state index contributed by atoms with van der Waals surface area (Å²) >= 11 is 0. The highest BCUT2D eigenvalue weighted by atomic mass is 28.4. The third-order valence-corrected chi connectivity index (χ3v) is 9.12. The molecule has 0 saturated heterocycles. The molecule has 4 aromatic carbocycles. The molecule has 0 bridgehead atoms. The topological polar surface area (TPSA) is 27.7 Å². The Bertz CT molecular complexity index is 1010. The van der Waals surface area contributed by atoms with Crippen LogP contribution in [0.15, 0.2) is 115 Å². The van der Waals surface area contributed by atoms with Crippen molar-refractivity contribution in [3.63, 3.8) is 0 Å². The zero-order valence-electron chi connectivity index (χ0n) is 18.8. The van der Waals surface area contributed by atoms with E-state index in [0.29, 0.717) is 0 Å². The van der Waals surface area contributed by atoms with Crippen LogP contribution in [0.5, 0.6) is 0 Å². The first-order chi connectivity index (χ1) is 15.7. The van der Waals surface area contributed by atoms with Crippen LogP contribution in [-0.2, 0) is 13.3 Å². The molecule has 0 saturated carbocycles. The Kier molecular flexibility index (Phi) is 6.72. The molecular formula is C27H28BO3Si-. The average molecular weight is 439 g/mol. The fourth-order valence-corrected chi connectivity index (χ4v) is 6.74. The van der Waals surface area contributed by atoms with E-state index in [0.717, 1.165) is 5.19 Å². The van der Waals surface area contributed by atoms with Crippen molar-refractivity contribution in [2.45, 2.75) is 0 Å². The van der Waals surface area contributed by atoms with E-state index >= 15 is 0 Å². The van der Waals surface area contributed by atoms with E-state index in [1.54, 1.807) is 21.3 Å². The van der Waals surface area contributed by atoms with Gasteiger partial charge in [-0.1, -0.05) is 115 Å². The third kappa shape index (κ3) is 3.74. The second-order valence-electron chi connectivity index (χ2n) is 7.89. The van der Waals surface area contributed by atoms with Crippen LogP contribution in [-0.4, -0.2) is 36.3 Å². The van der Waals surface area contributed by atoms with Gasteiger partial charge in [-0.3, -0.25) is 0 Å². The fourth-order valence-electron chi connectivity index (χ4n) is 4.96. The lowest BCUT2D eigenvalue weighted by molar-refractivity contribution is 0.140. The van der Waals surface area contributed by atoms with Gasteiger partial charge in [-0.15, -0.1) is 0 Å². The Morgan fingerprint density at radius 2 is 0.750 bits per heavy atom. The lowest BCUT2D eigenvalue weighted by atomic mass is 9.13. The quantitative estimate of drug-likeness (QED) is 0.394. The summed E-state index contributed by atoms with van der Waals surface area (Å²) < 4.78 is 17.1. The minimum absolute atomic E-state index is 0.938. The molecule has 0 aromatic heterocycles. The van der Waals surface area contributed by atoms with Gasteiger partial charge in [0.15, 0.2) is 0 Å². The van der Waals surface area contributed by atoms with Gasteiger partial charge >= 0.3 is 8.80 Å². The number of hydrogen-bond acceptors (Lipinski definition) is 3. The molecule has 4 aromatic rings. The molecule has 162 valence electrons. The van der Waals surface area contributed by atoms with Crippen molar-refractivity contribution < 1.29 is 13.3 Å². The van der Waals surface area contributed by atoms with Crippen LogP contribution >= 0.6 is 0 Å². The second kappa shape index (κ2) is 9.67. The number of benzene rings is 4. The molecule has 0 aliphatic heterocycles. The third-order valence-electron chi connectivity index (χ3n) is 6.47. The minimum atomic E-state index is -2.91. The smallest absolute Gasteiger partial charge is 0.373 e. The van der Waals surface area contributed by atoms with Crippen LogP contribution in [0.4, 0.5) is 0 Å². The molecule has 3 nitrogen and oxygen atoms in total. The molecule has 0 aliphatic rings. The molecule has 0 spiro atoms. The van der Waals surface area contributed by atoms with Gasteiger partial charge in [0.1, 0.15) is 6.15 Å². The Hall–Kier alpha value is -2.96. The van der Waals surface area contributed by atoms with Gasteiger partial charge in [0, 0.05) is 26.5 Å². The summed E-state index contributed by atoms with van der Waals surface area (Å²) in [6.07, 6.45) is -1.39. The molecule has 4 rings (SSSR count). The Balaban J connectivity index is 2.01. The van der Waals surface area contributed by atoms with Gasteiger partial charge in [-0.25, -0.2) is 0 Å². The van der Waals surface area contributed by atoms with Gasteiger partial charge in [-0.2, -0.15) is 21.9 Å². The Morgan fingerprint density at radius 1 is 0.438 bits per heavy atom. The van der Waals surface area contributed by atoms with Gasteiger partial charge < -0.3 is 13.3 Å². The SMILES string of the molecule is CO[Si](OC)(OC)c1ccc([B-](c2ccccc2)(c2ccccc2)c2ccccc2)cc1. The van der Waals surface area contributed by atoms with Crippen LogP contribution in [0, 0.1) is 0 Å². The van der Waals surface area contributed by atoms with Crippen molar-refractivity contribution in [3.8, 4) is 0 Å². The highest BCUT2D eigenvalue weighted by Crippen LogP contribution is 2.11. The summed E-state index contributed by atoms with van der Waals surface area (Å²) in [6.45, 7) is 0. The first-order valence-electron chi connectivity index (χ1n) is 10.8. The van der Waals surface area contributed by atoms with Crippen LogP contribution in [0.1, 0.15) is 0 Å². The van der Waals surface area contributed by atoms with Gasteiger partial charge in [0.25, 0.3) is 0 Å². The molecule has 0 aliphatic carbocycles. The number of hydrogen-bond donors (Lipinski definition) is 0. The van der Waals surface area contributed by atoms with Crippen molar-refractivity contribution in [3.05, 3.63) is 115 Å². The van der Waals surface area contributed by atoms with Crippen molar-refractivity contribution in [1.29, 1.82) is 0 Å². The maximum atomic E-state index is 5.70. The Morgan fingerprint density at radius 3 is 1.06 bits per heavy atom. The summed E-state index contributed by atoms with van der Waals surface area (Å²) in [5.74, 6) is 0. The molecule has 0 fully saturated rings. The predicted octanol–water partition coefficient (Wildman–Crippen LogP) is 2.15. The van der Waals surface area contributed by atoms with E-state index in [1.807, 2.05) is 0 Å². The summed E-state index contributed by atoms with van der Waals surface area (Å²) in [5, 5.41) is 0.938. The average Bonchev–Trinajstić information content (AvgIpc) is 2.89. The molecule has 0 radical (unpaired) electrons. The van der Waals surface area contributed by atoms with E-state index in [1.165, 1.54) is 21.9 Å². The molecule has 0 atom stereocenters. The normalized spacial score (nSPS) is 12.0. The highest BCUT2D eigenvalue weighted by molar-refractivity contribution is 7.19. The van der Waals surface area contributed by atoms with E-state index in [-0.39, 0.29) is 0 Å². The van der Waals surface area contributed by atoms with Crippen LogP contribution in [0.3, 0.4) is 0 Å². The molecule has 32 heavy (non-hydrogen) atoms. The van der Waals surface area contributed by atoms with E-state index < -0.39 is 15.0 Å². The number of rotatable bonds is 8. The zero-order chi connectivity index (χ0) is 22.4. The highest BCUT2D eigenvalue weighted by Gasteiger charge is 2.41. The standard InChI is InChI=1S/C27H28BO3Si/c1-29-32(30-2,31-3)27-21-19-26(20-22-27)28(23-13-7-4-8-14-23,24-15-9-5-10-16-24)25-17-11-6-12-18-25/h4-22H,1-3H3/q-1. The zero-order valence-corrected chi connectivity index (χ0v) is 19.8. The molecule has 0 N–H and O–H groups in total. The molecule has 0 amide bonds. The monoisotopic (exact) mass is 439 g/mol. The summed E-state index contributed by atoms with van der Waals surface area (Å²) in [4.78, 5) is 0. The molecular weight excluding hydrogens is 411 g/mol. The summed E-state index contributed by atoms with van der Waals surface area (Å²) in [6, 6.07) is 40.8. The van der Waals surface area contributed by atoms with E-state index in [9.17, 15) is 0 Å². The van der Waals surface area contributed by atoms with E-state index in [2.05, 4.69) is 115 Å². The molecule has 5 heteroatoms. The van der Waals surface area contributed by atoms with Gasteiger partial charge in [0.2, 0.25) is 0 Å². The van der Waals surface area contributed by atoms with Crippen LogP contribution < -0.4 is 27.0 Å². The van der Waals surface area contributed by atoms with Crippen molar-refractivity contribution in [1.82, 2.24) is 0 Å². The van der Waals surface area contributed by atoms with Crippen molar-refractivity contribution >= 4 is 42.0 Å². The van der Waals surface area contributed by atoms with E-state index in [4.69, 9.17) is 13.3 Å². The molecule has 0 unspecified atom stereocenters. The fraction of sp³-hybridized carbons (Fsp3) is 0.111. The van der Waals surface area contributed by atoms with Gasteiger partial charge in [0.05, 0.1) is 0 Å². The van der Waals surface area contributed by atoms with Gasteiger partial charge in [-0.05, 0) is 0 Å². The first kappa shape index (κ1) is 22.2. The lowest BCUT2D eigenvalue weighted by Gasteiger charge is -2.44. The summed E-state index contributed by atoms with van der Waals surface area (Å²) in [5.41, 5.74) is 5.03. The Labute approximate surface area is 191 Å².